The van der Waals surface area contributed by atoms with Crippen molar-refractivity contribution in [2.24, 2.45) is 0 Å². The topological polar surface area (TPSA) is 105 Å². The molecule has 1 aliphatic rings. The molecule has 0 spiro atoms. The molecule has 0 unspecified atom stereocenters. The van der Waals surface area contributed by atoms with E-state index in [1.807, 2.05) is 0 Å². The van der Waals surface area contributed by atoms with Crippen LogP contribution in [0.1, 0.15) is 36.5 Å². The van der Waals surface area contributed by atoms with Gasteiger partial charge in [0, 0.05) is 37.8 Å². The molecule has 8 nitrogen and oxygen atoms in total. The Morgan fingerprint density at radius 2 is 1.79 bits per heavy atom. The minimum Gasteiger partial charge on any atom is -0.371 e. The SMILES string of the molecule is CC(=O)Nc1ccc(Cl)c(NC(=O)c2cc([N+](=O)[O-])ccc2N2CCCCC2)c1. The van der Waals surface area contributed by atoms with Crippen molar-refractivity contribution in [1.29, 1.82) is 0 Å². The Morgan fingerprint density at radius 3 is 2.45 bits per heavy atom. The van der Waals surface area contributed by atoms with Crippen molar-refractivity contribution in [2.75, 3.05) is 28.6 Å². The Balaban J connectivity index is 1.94. The van der Waals surface area contributed by atoms with E-state index in [9.17, 15) is 19.7 Å². The van der Waals surface area contributed by atoms with Crippen LogP contribution in [0.5, 0.6) is 0 Å². The number of benzene rings is 2. The molecule has 9 heteroatoms. The number of hydrogen-bond donors (Lipinski definition) is 2. The predicted molar refractivity (Wildman–Crippen MR) is 113 cm³/mol. The van der Waals surface area contributed by atoms with Gasteiger partial charge < -0.3 is 15.5 Å². The number of nitrogens with zero attached hydrogens (tertiary/aromatic N) is 2. The van der Waals surface area contributed by atoms with Crippen LogP contribution in [-0.2, 0) is 4.79 Å². The van der Waals surface area contributed by atoms with Gasteiger partial charge >= 0.3 is 0 Å². The van der Waals surface area contributed by atoms with E-state index in [-0.39, 0.29) is 22.2 Å². The lowest BCUT2D eigenvalue weighted by Gasteiger charge is -2.30. The quantitative estimate of drug-likeness (QED) is 0.553. The highest BCUT2D eigenvalue weighted by Gasteiger charge is 2.22. The molecular formula is C20H21ClN4O4. The van der Waals surface area contributed by atoms with Crippen LogP contribution < -0.4 is 15.5 Å². The Labute approximate surface area is 173 Å². The molecule has 29 heavy (non-hydrogen) atoms. The lowest BCUT2D eigenvalue weighted by atomic mass is 10.1. The molecule has 1 aliphatic heterocycles. The average Bonchev–Trinajstić information content (AvgIpc) is 2.70. The summed E-state index contributed by atoms with van der Waals surface area (Å²) in [6.45, 7) is 2.95. The van der Waals surface area contributed by atoms with Crippen molar-refractivity contribution >= 4 is 46.2 Å². The Hall–Kier alpha value is -3.13. The summed E-state index contributed by atoms with van der Waals surface area (Å²) in [6.07, 6.45) is 3.13. The summed E-state index contributed by atoms with van der Waals surface area (Å²) in [6, 6.07) is 9.02. The first kappa shape index (κ1) is 20.6. The van der Waals surface area contributed by atoms with E-state index in [0.717, 1.165) is 32.4 Å². The van der Waals surface area contributed by atoms with E-state index < -0.39 is 10.8 Å². The second kappa shape index (κ2) is 8.91. The lowest BCUT2D eigenvalue weighted by Crippen LogP contribution is -2.31. The van der Waals surface area contributed by atoms with Gasteiger partial charge in [-0.3, -0.25) is 19.7 Å². The number of nitrogens with one attached hydrogen (secondary N) is 2. The van der Waals surface area contributed by atoms with Crippen molar-refractivity contribution in [3.63, 3.8) is 0 Å². The minimum atomic E-state index is -0.527. The summed E-state index contributed by atoms with van der Waals surface area (Å²) in [4.78, 5) is 37.1. The zero-order chi connectivity index (χ0) is 21.0. The molecule has 0 radical (unpaired) electrons. The maximum absolute atomic E-state index is 13.0. The van der Waals surface area contributed by atoms with Crippen LogP contribution >= 0.6 is 11.6 Å². The molecule has 2 N–H and O–H groups in total. The fraction of sp³-hybridized carbons (Fsp3) is 0.300. The van der Waals surface area contributed by atoms with Crippen molar-refractivity contribution in [3.8, 4) is 0 Å². The molecule has 2 aromatic carbocycles. The number of halogens is 1. The van der Waals surface area contributed by atoms with Crippen molar-refractivity contribution in [1.82, 2.24) is 0 Å². The smallest absolute Gasteiger partial charge is 0.270 e. The highest BCUT2D eigenvalue weighted by atomic mass is 35.5. The van der Waals surface area contributed by atoms with E-state index in [4.69, 9.17) is 11.6 Å². The standard InChI is InChI=1S/C20H21ClN4O4/c1-13(26)22-14-5-7-17(21)18(11-14)23-20(27)16-12-15(25(28)29)6-8-19(16)24-9-3-2-4-10-24/h5-8,11-12H,2-4,9-10H2,1H3,(H,22,26)(H,23,27). The third kappa shape index (κ3) is 5.03. The van der Waals surface area contributed by atoms with Gasteiger partial charge in [0.05, 0.1) is 26.9 Å². The molecule has 1 heterocycles. The van der Waals surface area contributed by atoms with Crippen LogP contribution in [0, 0.1) is 10.1 Å². The van der Waals surface area contributed by atoms with E-state index in [2.05, 4.69) is 15.5 Å². The fourth-order valence-electron chi connectivity index (χ4n) is 3.32. The molecule has 2 aromatic rings. The van der Waals surface area contributed by atoms with Gasteiger partial charge in [-0.15, -0.1) is 0 Å². The number of nitro benzene ring substituents is 1. The molecule has 1 fully saturated rings. The largest absolute Gasteiger partial charge is 0.371 e. The Kier molecular flexibility index (Phi) is 6.33. The van der Waals surface area contributed by atoms with Gasteiger partial charge in [-0.05, 0) is 43.5 Å². The van der Waals surface area contributed by atoms with Crippen LogP contribution in [0.4, 0.5) is 22.7 Å². The van der Waals surface area contributed by atoms with Crippen molar-refractivity contribution in [2.45, 2.75) is 26.2 Å². The number of carbonyl (C=O) groups excluding carboxylic acids is 2. The first-order valence-electron chi connectivity index (χ1n) is 9.27. The highest BCUT2D eigenvalue weighted by molar-refractivity contribution is 6.34. The number of piperidine rings is 1. The Bertz CT molecular complexity index is 957. The van der Waals surface area contributed by atoms with E-state index in [1.54, 1.807) is 24.3 Å². The number of carbonyl (C=O) groups is 2. The van der Waals surface area contributed by atoms with Gasteiger partial charge in [0.2, 0.25) is 5.91 Å². The van der Waals surface area contributed by atoms with Crippen molar-refractivity contribution < 1.29 is 14.5 Å². The third-order valence-corrected chi connectivity index (χ3v) is 5.00. The molecule has 0 bridgehead atoms. The molecule has 0 saturated carbocycles. The summed E-state index contributed by atoms with van der Waals surface area (Å²) in [5.74, 6) is -0.758. The van der Waals surface area contributed by atoms with Crippen LogP contribution in [0.3, 0.4) is 0 Å². The monoisotopic (exact) mass is 416 g/mol. The third-order valence-electron chi connectivity index (χ3n) is 4.67. The predicted octanol–water partition coefficient (Wildman–Crippen LogP) is 4.45. The number of hydrogen-bond acceptors (Lipinski definition) is 5. The van der Waals surface area contributed by atoms with Gasteiger partial charge in [-0.1, -0.05) is 11.6 Å². The van der Waals surface area contributed by atoms with Crippen LogP contribution in [-0.4, -0.2) is 29.8 Å². The number of amides is 2. The second-order valence-corrected chi connectivity index (χ2v) is 7.24. The second-order valence-electron chi connectivity index (χ2n) is 6.84. The zero-order valence-electron chi connectivity index (χ0n) is 15.9. The molecule has 0 aliphatic carbocycles. The van der Waals surface area contributed by atoms with E-state index >= 15 is 0 Å². The molecule has 2 amide bonds. The number of non-ortho nitro benzene ring substituents is 1. The van der Waals surface area contributed by atoms with Gasteiger partial charge in [0.1, 0.15) is 0 Å². The summed E-state index contributed by atoms with van der Waals surface area (Å²) in [5.41, 5.74) is 1.49. The first-order chi connectivity index (χ1) is 13.8. The number of nitro groups is 1. The summed E-state index contributed by atoms with van der Waals surface area (Å²) in [5, 5.41) is 16.9. The van der Waals surface area contributed by atoms with E-state index in [1.165, 1.54) is 19.1 Å². The molecule has 3 rings (SSSR count). The fourth-order valence-corrected chi connectivity index (χ4v) is 3.49. The number of anilines is 3. The van der Waals surface area contributed by atoms with Gasteiger partial charge in [0.15, 0.2) is 0 Å². The first-order valence-corrected chi connectivity index (χ1v) is 9.65. The zero-order valence-corrected chi connectivity index (χ0v) is 16.7. The molecule has 152 valence electrons. The lowest BCUT2D eigenvalue weighted by molar-refractivity contribution is -0.384. The maximum atomic E-state index is 13.0. The maximum Gasteiger partial charge on any atom is 0.270 e. The Morgan fingerprint density at radius 1 is 1.07 bits per heavy atom. The average molecular weight is 417 g/mol. The summed E-state index contributed by atoms with van der Waals surface area (Å²) < 4.78 is 0. The molecular weight excluding hydrogens is 396 g/mol. The van der Waals surface area contributed by atoms with Crippen LogP contribution in [0.2, 0.25) is 5.02 Å². The molecule has 0 aromatic heterocycles. The molecule has 0 atom stereocenters. The van der Waals surface area contributed by atoms with E-state index in [0.29, 0.717) is 17.1 Å². The van der Waals surface area contributed by atoms with Gasteiger partial charge in [-0.25, -0.2) is 0 Å². The minimum absolute atomic E-state index is 0.158. The molecule has 1 saturated heterocycles. The van der Waals surface area contributed by atoms with Crippen LogP contribution in [0.25, 0.3) is 0 Å². The van der Waals surface area contributed by atoms with Gasteiger partial charge in [-0.2, -0.15) is 0 Å². The summed E-state index contributed by atoms with van der Waals surface area (Å²) >= 11 is 6.19. The van der Waals surface area contributed by atoms with Gasteiger partial charge in [0.25, 0.3) is 11.6 Å². The summed E-state index contributed by atoms with van der Waals surface area (Å²) in [7, 11) is 0. The normalized spacial score (nSPS) is 13.7. The number of rotatable bonds is 5. The van der Waals surface area contributed by atoms with Crippen LogP contribution in [0.15, 0.2) is 36.4 Å². The van der Waals surface area contributed by atoms with Crippen molar-refractivity contribution in [3.05, 3.63) is 57.1 Å². The highest BCUT2D eigenvalue weighted by Crippen LogP contribution is 2.31.